The number of anilines is 1. The number of nitrogens with zero attached hydrogens (tertiary/aromatic N) is 2. The van der Waals surface area contributed by atoms with E-state index in [1.165, 1.54) is 11.3 Å². The van der Waals surface area contributed by atoms with Crippen LogP contribution in [0.25, 0.3) is 0 Å². The molecule has 0 saturated heterocycles. The molecule has 1 heterocycles. The predicted octanol–water partition coefficient (Wildman–Crippen LogP) is 4.06. The van der Waals surface area contributed by atoms with Crippen molar-refractivity contribution in [3.8, 4) is 0 Å². The summed E-state index contributed by atoms with van der Waals surface area (Å²) in [5.74, 6) is 0.832. The molecule has 1 amide bonds. The molecule has 0 aliphatic heterocycles. The van der Waals surface area contributed by atoms with Crippen molar-refractivity contribution >= 4 is 50.1 Å². The van der Waals surface area contributed by atoms with Crippen molar-refractivity contribution in [2.24, 2.45) is 0 Å². The summed E-state index contributed by atoms with van der Waals surface area (Å²) in [6, 6.07) is 7.22. The third kappa shape index (κ3) is 4.29. The fourth-order valence-electron chi connectivity index (χ4n) is 1.31. The molecule has 0 spiro atoms. The van der Waals surface area contributed by atoms with E-state index in [0.717, 1.165) is 21.0 Å². The molecule has 0 fully saturated rings. The first-order valence-electron chi connectivity index (χ1n) is 5.72. The molecule has 1 aromatic heterocycles. The summed E-state index contributed by atoms with van der Waals surface area (Å²) in [5.41, 5.74) is 0.590. The summed E-state index contributed by atoms with van der Waals surface area (Å²) in [5, 5.41) is 11.3. The van der Waals surface area contributed by atoms with Crippen LogP contribution in [0.3, 0.4) is 0 Å². The van der Waals surface area contributed by atoms with Gasteiger partial charge in [0.1, 0.15) is 0 Å². The Hall–Kier alpha value is -0.920. The second kappa shape index (κ2) is 7.02. The molecule has 19 heavy (non-hydrogen) atoms. The summed E-state index contributed by atoms with van der Waals surface area (Å²) < 4.78 is 1.75. The van der Waals surface area contributed by atoms with Crippen LogP contribution >= 0.6 is 39.0 Å². The first-order valence-corrected chi connectivity index (χ1v) is 8.31. The SMILES string of the molecule is CCCSc1nnc(NC(=O)c2cccc(Br)c2)s1. The van der Waals surface area contributed by atoms with E-state index in [1.54, 1.807) is 23.9 Å². The molecule has 4 nitrogen and oxygen atoms in total. The number of nitrogens with one attached hydrogen (secondary N) is 1. The van der Waals surface area contributed by atoms with Gasteiger partial charge in [-0.1, -0.05) is 52.0 Å². The van der Waals surface area contributed by atoms with Gasteiger partial charge < -0.3 is 0 Å². The average Bonchev–Trinajstić information content (AvgIpc) is 2.84. The van der Waals surface area contributed by atoms with Gasteiger partial charge in [-0.25, -0.2) is 0 Å². The van der Waals surface area contributed by atoms with Crippen molar-refractivity contribution in [2.45, 2.75) is 17.7 Å². The molecule has 0 unspecified atom stereocenters. The largest absolute Gasteiger partial charge is 0.296 e. The standard InChI is InChI=1S/C12H12BrN3OS2/c1-2-6-18-12-16-15-11(19-12)14-10(17)8-4-3-5-9(13)7-8/h3-5,7H,2,6H2,1H3,(H,14,15,17). The minimum Gasteiger partial charge on any atom is -0.296 e. The van der Waals surface area contributed by atoms with Crippen LogP contribution < -0.4 is 5.32 Å². The van der Waals surface area contributed by atoms with Gasteiger partial charge in [-0.2, -0.15) is 0 Å². The summed E-state index contributed by atoms with van der Waals surface area (Å²) in [7, 11) is 0. The normalized spacial score (nSPS) is 10.4. The highest BCUT2D eigenvalue weighted by Crippen LogP contribution is 2.26. The maximum absolute atomic E-state index is 12.0. The number of rotatable bonds is 5. The lowest BCUT2D eigenvalue weighted by atomic mass is 10.2. The number of benzene rings is 1. The van der Waals surface area contributed by atoms with Crippen LogP contribution in [0, 0.1) is 0 Å². The Morgan fingerprint density at radius 3 is 3.05 bits per heavy atom. The number of hydrogen-bond donors (Lipinski definition) is 1. The van der Waals surface area contributed by atoms with Crippen LogP contribution in [-0.4, -0.2) is 21.9 Å². The molecule has 0 saturated carbocycles. The van der Waals surface area contributed by atoms with Crippen LogP contribution in [0.4, 0.5) is 5.13 Å². The molecule has 1 aromatic carbocycles. The molecule has 0 aliphatic carbocycles. The number of hydrogen-bond acceptors (Lipinski definition) is 5. The van der Waals surface area contributed by atoms with Crippen LogP contribution in [0.1, 0.15) is 23.7 Å². The van der Waals surface area contributed by atoms with Crippen LogP contribution in [0.5, 0.6) is 0 Å². The average molecular weight is 358 g/mol. The fraction of sp³-hybridized carbons (Fsp3) is 0.250. The summed E-state index contributed by atoms with van der Waals surface area (Å²) in [6.07, 6.45) is 1.09. The van der Waals surface area contributed by atoms with Gasteiger partial charge in [0.25, 0.3) is 5.91 Å². The Balaban J connectivity index is 2.00. The van der Waals surface area contributed by atoms with Gasteiger partial charge >= 0.3 is 0 Å². The fourth-order valence-corrected chi connectivity index (χ4v) is 3.38. The highest BCUT2D eigenvalue weighted by molar-refractivity contribution is 9.10. The van der Waals surface area contributed by atoms with Gasteiger partial charge in [0.2, 0.25) is 5.13 Å². The van der Waals surface area contributed by atoms with E-state index in [4.69, 9.17) is 0 Å². The molecule has 0 aliphatic rings. The number of aromatic nitrogens is 2. The van der Waals surface area contributed by atoms with Gasteiger partial charge in [0.15, 0.2) is 4.34 Å². The van der Waals surface area contributed by atoms with Gasteiger partial charge in [-0.15, -0.1) is 10.2 Å². The molecule has 2 aromatic rings. The minimum atomic E-state index is -0.176. The molecule has 7 heteroatoms. The summed E-state index contributed by atoms with van der Waals surface area (Å²) in [6.45, 7) is 2.12. The summed E-state index contributed by atoms with van der Waals surface area (Å²) >= 11 is 6.39. The zero-order valence-electron chi connectivity index (χ0n) is 10.2. The smallest absolute Gasteiger partial charge is 0.257 e. The maximum Gasteiger partial charge on any atom is 0.257 e. The first kappa shape index (κ1) is 14.5. The van der Waals surface area contributed by atoms with Crippen molar-refractivity contribution < 1.29 is 4.79 Å². The molecule has 100 valence electrons. The van der Waals surface area contributed by atoms with Crippen molar-refractivity contribution in [2.75, 3.05) is 11.1 Å². The Morgan fingerprint density at radius 1 is 1.47 bits per heavy atom. The Kier molecular flexibility index (Phi) is 5.35. The number of carbonyl (C=O) groups is 1. The Morgan fingerprint density at radius 2 is 2.32 bits per heavy atom. The molecule has 0 radical (unpaired) electrons. The molecule has 0 bridgehead atoms. The number of halogens is 1. The molecule has 2 rings (SSSR count). The Bertz CT molecular complexity index is 574. The molecular weight excluding hydrogens is 346 g/mol. The van der Waals surface area contributed by atoms with E-state index in [1.807, 2.05) is 12.1 Å². The van der Waals surface area contributed by atoms with Crippen LogP contribution in [0.15, 0.2) is 33.1 Å². The van der Waals surface area contributed by atoms with Gasteiger partial charge in [0, 0.05) is 15.8 Å². The van der Waals surface area contributed by atoms with E-state index >= 15 is 0 Å². The lowest BCUT2D eigenvalue weighted by molar-refractivity contribution is 0.102. The van der Waals surface area contributed by atoms with Crippen molar-refractivity contribution in [3.63, 3.8) is 0 Å². The van der Waals surface area contributed by atoms with E-state index in [-0.39, 0.29) is 5.91 Å². The number of carbonyl (C=O) groups excluding carboxylic acids is 1. The van der Waals surface area contributed by atoms with Crippen molar-refractivity contribution in [1.82, 2.24) is 10.2 Å². The first-order chi connectivity index (χ1) is 9.19. The lowest BCUT2D eigenvalue weighted by Gasteiger charge is -2.01. The van der Waals surface area contributed by atoms with Crippen LogP contribution in [0.2, 0.25) is 0 Å². The third-order valence-corrected chi connectivity index (χ3v) is 4.81. The predicted molar refractivity (Wildman–Crippen MR) is 83.0 cm³/mol. The van der Waals surface area contributed by atoms with E-state index in [9.17, 15) is 4.79 Å². The van der Waals surface area contributed by atoms with Crippen molar-refractivity contribution in [1.29, 1.82) is 0 Å². The van der Waals surface area contributed by atoms with E-state index < -0.39 is 0 Å². The second-order valence-corrected chi connectivity index (χ2v) is 6.92. The van der Waals surface area contributed by atoms with E-state index in [0.29, 0.717) is 10.7 Å². The molecule has 0 atom stereocenters. The van der Waals surface area contributed by atoms with E-state index in [2.05, 4.69) is 38.4 Å². The summed E-state index contributed by atoms with van der Waals surface area (Å²) in [4.78, 5) is 12.0. The van der Waals surface area contributed by atoms with Crippen molar-refractivity contribution in [3.05, 3.63) is 34.3 Å². The zero-order chi connectivity index (χ0) is 13.7. The highest BCUT2D eigenvalue weighted by Gasteiger charge is 2.10. The van der Waals surface area contributed by atoms with Gasteiger partial charge in [-0.3, -0.25) is 10.1 Å². The number of amides is 1. The maximum atomic E-state index is 12.0. The third-order valence-electron chi connectivity index (χ3n) is 2.14. The monoisotopic (exact) mass is 357 g/mol. The number of thioether (sulfide) groups is 1. The zero-order valence-corrected chi connectivity index (χ0v) is 13.4. The Labute approximate surface area is 128 Å². The lowest BCUT2D eigenvalue weighted by Crippen LogP contribution is -2.11. The highest BCUT2D eigenvalue weighted by atomic mass is 79.9. The van der Waals surface area contributed by atoms with Gasteiger partial charge in [0.05, 0.1) is 0 Å². The quantitative estimate of drug-likeness (QED) is 0.647. The second-order valence-electron chi connectivity index (χ2n) is 3.69. The van der Waals surface area contributed by atoms with Gasteiger partial charge in [-0.05, 0) is 24.6 Å². The molecule has 1 N–H and O–H groups in total. The van der Waals surface area contributed by atoms with Crippen LogP contribution in [-0.2, 0) is 0 Å². The minimum absolute atomic E-state index is 0.176. The topological polar surface area (TPSA) is 54.9 Å². The molecular formula is C12H12BrN3OS2.